The van der Waals surface area contributed by atoms with Crippen LogP contribution in [0.15, 0.2) is 109 Å². The van der Waals surface area contributed by atoms with Crippen molar-refractivity contribution in [2.45, 2.75) is 70.0 Å². The number of rotatable bonds is 9. The molecule has 1 fully saturated rings. The van der Waals surface area contributed by atoms with E-state index in [0.717, 1.165) is 24.0 Å². The van der Waals surface area contributed by atoms with Crippen molar-refractivity contribution < 1.29 is 9.22 Å². The molecule has 0 radical (unpaired) electrons. The van der Waals surface area contributed by atoms with E-state index in [2.05, 4.69) is 111 Å². The Hall–Kier alpha value is -2.89. The molecule has 4 aromatic carbocycles. The van der Waals surface area contributed by atoms with E-state index < -0.39 is 8.32 Å². The Morgan fingerprint density at radius 2 is 1.42 bits per heavy atom. The number of halogens is 2. The Balaban J connectivity index is 1.47. The van der Waals surface area contributed by atoms with Gasteiger partial charge in [-0.1, -0.05) is 129 Å². The topological polar surface area (TPSA) is 29.5 Å². The maximum atomic E-state index is 13.7. The van der Waals surface area contributed by atoms with Crippen LogP contribution < -0.4 is 10.4 Å². The molecule has 0 spiro atoms. The molecule has 0 saturated carbocycles. The van der Waals surface area contributed by atoms with Crippen molar-refractivity contribution in [1.29, 1.82) is 0 Å². The van der Waals surface area contributed by atoms with Crippen LogP contribution in [0.4, 0.5) is 0 Å². The number of benzene rings is 4. The van der Waals surface area contributed by atoms with Crippen molar-refractivity contribution in [3.63, 3.8) is 0 Å². The molecule has 1 aliphatic rings. The zero-order chi connectivity index (χ0) is 30.6. The number of hydrogen-bond donors (Lipinski definition) is 0. The number of likely N-dealkylation sites (tertiary alicyclic amines) is 1. The molecule has 1 aliphatic heterocycles. The summed E-state index contributed by atoms with van der Waals surface area (Å²) in [6, 6.07) is 37.3. The predicted molar refractivity (Wildman–Crippen MR) is 182 cm³/mol. The quantitative estimate of drug-likeness (QED) is 0.173. The maximum absolute atomic E-state index is 13.7. The fourth-order valence-electron chi connectivity index (χ4n) is 6.86. The van der Waals surface area contributed by atoms with Crippen LogP contribution in [0.1, 0.15) is 70.0 Å². The number of piperidine rings is 1. The van der Waals surface area contributed by atoms with Crippen molar-refractivity contribution in [2.24, 2.45) is 0 Å². The normalized spacial score (nSPS) is 18.5. The predicted octanol–water partition coefficient (Wildman–Crippen LogP) is 8.80. The van der Waals surface area contributed by atoms with Crippen LogP contribution in [-0.4, -0.2) is 31.8 Å². The van der Waals surface area contributed by atoms with E-state index in [9.17, 15) is 4.79 Å². The first kappa shape index (κ1) is 31.5. The summed E-state index contributed by atoms with van der Waals surface area (Å²) in [6.07, 6.45) is 2.00. The van der Waals surface area contributed by atoms with Gasteiger partial charge in [-0.25, -0.2) is 0 Å². The average molecular weight is 631 g/mol. The van der Waals surface area contributed by atoms with Gasteiger partial charge in [-0.3, -0.25) is 4.79 Å². The molecule has 1 heterocycles. The summed E-state index contributed by atoms with van der Waals surface area (Å²) in [7, 11) is -2.68. The highest BCUT2D eigenvalue weighted by Crippen LogP contribution is 2.45. The highest BCUT2D eigenvalue weighted by molar-refractivity contribution is 6.99. The molecule has 43 heavy (non-hydrogen) atoms. The molecular weight excluding hydrogens is 589 g/mol. The minimum absolute atomic E-state index is 0.0339. The van der Waals surface area contributed by atoms with Crippen molar-refractivity contribution in [3.05, 3.63) is 130 Å². The second-order valence-corrected chi connectivity index (χ2v) is 17.8. The molecule has 1 saturated heterocycles. The zero-order valence-corrected chi connectivity index (χ0v) is 28.0. The summed E-state index contributed by atoms with van der Waals surface area (Å²) in [4.78, 5) is 15.8. The number of hydrogen-bond acceptors (Lipinski definition) is 2. The zero-order valence-electron chi connectivity index (χ0n) is 25.5. The van der Waals surface area contributed by atoms with E-state index in [1.165, 1.54) is 10.4 Å². The largest absolute Gasteiger partial charge is 0.407 e. The number of amides is 1. The van der Waals surface area contributed by atoms with Gasteiger partial charge in [0.15, 0.2) is 0 Å². The Bertz CT molecular complexity index is 1470. The highest BCUT2D eigenvalue weighted by Gasteiger charge is 2.50. The Kier molecular flexibility index (Phi) is 9.82. The summed E-state index contributed by atoms with van der Waals surface area (Å²) in [5.74, 6) is 0.300. The number of carbonyl (C=O) groups is 1. The molecule has 0 N–H and O–H groups in total. The monoisotopic (exact) mass is 629 g/mol. The van der Waals surface area contributed by atoms with Gasteiger partial charge >= 0.3 is 0 Å². The first-order valence-corrected chi connectivity index (χ1v) is 17.9. The smallest absolute Gasteiger partial charge is 0.261 e. The number of carbonyl (C=O) groups excluding carboxylic acids is 1. The Morgan fingerprint density at radius 3 is 1.98 bits per heavy atom. The molecular formula is C37H41Cl2NO2Si. The minimum Gasteiger partial charge on any atom is -0.407 e. The lowest BCUT2D eigenvalue weighted by atomic mass is 9.79. The van der Waals surface area contributed by atoms with E-state index in [0.29, 0.717) is 23.1 Å². The molecule has 6 heteroatoms. The summed E-state index contributed by atoms with van der Waals surface area (Å²) in [5.41, 5.74) is 2.24. The molecule has 0 bridgehead atoms. The molecule has 0 aromatic heterocycles. The molecule has 3 atom stereocenters. The van der Waals surface area contributed by atoms with Gasteiger partial charge in [0.1, 0.15) is 0 Å². The van der Waals surface area contributed by atoms with Gasteiger partial charge in [0.2, 0.25) is 5.91 Å². The molecule has 1 amide bonds. The van der Waals surface area contributed by atoms with E-state index in [1.54, 1.807) is 0 Å². The lowest BCUT2D eigenvalue weighted by Gasteiger charge is -2.46. The summed E-state index contributed by atoms with van der Waals surface area (Å²) in [6.45, 7) is 9.60. The first-order chi connectivity index (χ1) is 20.6. The summed E-state index contributed by atoms with van der Waals surface area (Å²) in [5, 5.41) is 3.81. The van der Waals surface area contributed by atoms with Crippen molar-refractivity contribution in [2.75, 3.05) is 6.61 Å². The van der Waals surface area contributed by atoms with Gasteiger partial charge in [-0.15, -0.1) is 0 Å². The van der Waals surface area contributed by atoms with Gasteiger partial charge in [0.25, 0.3) is 8.32 Å². The average Bonchev–Trinajstić information content (AvgIpc) is 3.00. The van der Waals surface area contributed by atoms with E-state index in [1.807, 2.05) is 30.3 Å². The lowest BCUT2D eigenvalue weighted by molar-refractivity contribution is -0.140. The van der Waals surface area contributed by atoms with Gasteiger partial charge in [0.05, 0.1) is 6.04 Å². The molecule has 2 unspecified atom stereocenters. The minimum atomic E-state index is -2.68. The van der Waals surface area contributed by atoms with Gasteiger partial charge in [-0.05, 0) is 70.6 Å². The fourth-order valence-corrected chi connectivity index (χ4v) is 11.8. The fraction of sp³-hybridized carbons (Fsp3) is 0.324. The lowest BCUT2D eigenvalue weighted by Crippen LogP contribution is -2.66. The molecule has 224 valence electrons. The highest BCUT2D eigenvalue weighted by atomic mass is 35.5. The first-order valence-electron chi connectivity index (χ1n) is 15.2. The van der Waals surface area contributed by atoms with Crippen LogP contribution in [0.2, 0.25) is 15.1 Å². The molecule has 0 aliphatic carbocycles. The van der Waals surface area contributed by atoms with Gasteiger partial charge < -0.3 is 9.33 Å². The molecule has 3 nitrogen and oxygen atoms in total. The standard InChI is InChI=1S/C37H41Cl2NO2Si/c1-27(24-25-42-43(37(2,3)4,32-14-7-5-8-15-32)33-16-9-6-10-17-33)40-35(41)23-22-34(29-12-11-13-31(39)26-29)36(40)28-18-20-30(38)21-19-28/h5-21,26-27,34,36H,22-25H2,1-4H3/t27-,34?,36?/m1/s1. The third-order valence-corrected chi connectivity index (χ3v) is 14.4. The van der Waals surface area contributed by atoms with E-state index in [4.69, 9.17) is 27.6 Å². The Morgan fingerprint density at radius 1 is 0.814 bits per heavy atom. The van der Waals surface area contributed by atoms with Gasteiger partial charge in [0, 0.05) is 35.0 Å². The van der Waals surface area contributed by atoms with Crippen molar-refractivity contribution in [3.8, 4) is 0 Å². The SMILES string of the molecule is C[C@H](CCO[Si](c1ccccc1)(c1ccccc1)C(C)(C)C)N1C(=O)CCC(c2cccc(Cl)c2)C1c1ccc(Cl)cc1. The van der Waals surface area contributed by atoms with Crippen LogP contribution in [0.25, 0.3) is 0 Å². The second-order valence-electron chi connectivity index (χ2n) is 12.6. The molecule has 4 aromatic rings. The van der Waals surface area contributed by atoms with Crippen LogP contribution in [-0.2, 0) is 9.22 Å². The van der Waals surface area contributed by atoms with Crippen LogP contribution in [0.3, 0.4) is 0 Å². The van der Waals surface area contributed by atoms with Crippen LogP contribution >= 0.6 is 23.2 Å². The third-order valence-electron chi connectivity index (χ3n) is 8.87. The van der Waals surface area contributed by atoms with E-state index >= 15 is 0 Å². The second kappa shape index (κ2) is 13.4. The number of nitrogens with zero attached hydrogens (tertiary/aromatic N) is 1. The van der Waals surface area contributed by atoms with Crippen molar-refractivity contribution >= 4 is 47.8 Å². The van der Waals surface area contributed by atoms with Gasteiger partial charge in [-0.2, -0.15) is 0 Å². The summed E-state index contributed by atoms with van der Waals surface area (Å²) < 4.78 is 7.21. The van der Waals surface area contributed by atoms with Crippen LogP contribution in [0.5, 0.6) is 0 Å². The van der Waals surface area contributed by atoms with E-state index in [-0.39, 0.29) is 28.9 Å². The van der Waals surface area contributed by atoms with Crippen LogP contribution in [0, 0.1) is 0 Å². The Labute approximate surface area is 267 Å². The molecule has 5 rings (SSSR count). The van der Waals surface area contributed by atoms with Crippen molar-refractivity contribution in [1.82, 2.24) is 4.90 Å². The maximum Gasteiger partial charge on any atom is 0.261 e. The third kappa shape index (κ3) is 6.63. The summed E-state index contributed by atoms with van der Waals surface area (Å²) >= 11 is 12.7.